The Labute approximate surface area is 152 Å². The number of aromatic nitrogens is 1. The van der Waals surface area contributed by atoms with Crippen LogP contribution in [0.4, 0.5) is 4.39 Å². The van der Waals surface area contributed by atoms with Crippen LogP contribution in [0.15, 0.2) is 78.0 Å². The van der Waals surface area contributed by atoms with E-state index < -0.39 is 0 Å². The Balaban J connectivity index is 1.77. The number of rotatable bonds is 4. The van der Waals surface area contributed by atoms with Gasteiger partial charge in [0.15, 0.2) is 0 Å². The molecule has 0 radical (unpaired) electrons. The van der Waals surface area contributed by atoms with Crippen molar-refractivity contribution in [3.8, 4) is 0 Å². The van der Waals surface area contributed by atoms with E-state index >= 15 is 0 Å². The van der Waals surface area contributed by atoms with Crippen molar-refractivity contribution in [2.75, 3.05) is 0 Å². The zero-order valence-corrected chi connectivity index (χ0v) is 14.6. The molecule has 0 aliphatic carbocycles. The monoisotopic (exact) mass is 342 g/mol. The zero-order chi connectivity index (χ0) is 17.9. The summed E-state index contributed by atoms with van der Waals surface area (Å²) in [6.45, 7) is 2.15. The van der Waals surface area contributed by atoms with Crippen LogP contribution in [0, 0.1) is 5.82 Å². The summed E-state index contributed by atoms with van der Waals surface area (Å²) in [7, 11) is 0. The second-order valence-electron chi connectivity index (χ2n) is 6.36. The Kier molecular flexibility index (Phi) is 4.44. The van der Waals surface area contributed by atoms with Gasteiger partial charge >= 0.3 is 0 Å². The van der Waals surface area contributed by atoms with Crippen molar-refractivity contribution in [1.82, 2.24) is 4.98 Å². The van der Waals surface area contributed by atoms with Crippen molar-refractivity contribution < 1.29 is 4.39 Å². The molecule has 1 aromatic heterocycles. The molecule has 1 aliphatic rings. The van der Waals surface area contributed by atoms with Crippen LogP contribution in [0.3, 0.4) is 0 Å². The molecule has 4 rings (SSSR count). The quantitative estimate of drug-likeness (QED) is 0.611. The lowest BCUT2D eigenvalue weighted by molar-refractivity contribution is 0.627. The predicted molar refractivity (Wildman–Crippen MR) is 104 cm³/mol. The fourth-order valence-electron chi connectivity index (χ4n) is 3.23. The molecule has 2 nitrogen and oxygen atoms in total. The lowest BCUT2D eigenvalue weighted by Crippen LogP contribution is -1.98. The van der Waals surface area contributed by atoms with E-state index in [1.165, 1.54) is 17.7 Å². The van der Waals surface area contributed by atoms with Crippen LogP contribution >= 0.6 is 0 Å². The molecule has 2 heterocycles. The van der Waals surface area contributed by atoms with E-state index in [0.717, 1.165) is 46.5 Å². The second kappa shape index (κ2) is 7.04. The van der Waals surface area contributed by atoms with Gasteiger partial charge in [-0.05, 0) is 65.1 Å². The Hall–Kier alpha value is -3.07. The second-order valence-corrected chi connectivity index (χ2v) is 6.36. The third kappa shape index (κ3) is 3.21. The van der Waals surface area contributed by atoms with E-state index in [2.05, 4.69) is 36.2 Å². The molecular weight excluding hydrogens is 323 g/mol. The lowest BCUT2D eigenvalue weighted by atomic mass is 9.96. The van der Waals surface area contributed by atoms with Crippen molar-refractivity contribution >= 4 is 17.0 Å². The van der Waals surface area contributed by atoms with Crippen LogP contribution in [-0.2, 0) is 6.42 Å². The molecule has 0 spiro atoms. The minimum absolute atomic E-state index is 0.239. The van der Waals surface area contributed by atoms with Crippen molar-refractivity contribution in [1.29, 1.82) is 0 Å². The molecule has 0 bridgehead atoms. The third-order valence-electron chi connectivity index (χ3n) is 4.72. The summed E-state index contributed by atoms with van der Waals surface area (Å²) < 4.78 is 13.3. The first-order chi connectivity index (χ1) is 12.7. The largest absolute Gasteiger partial charge is 0.265 e. The number of nitrogens with zero attached hydrogens (tertiary/aromatic N) is 2. The standard InChI is InChI=1S/C23H19FN2/c1-2-16-3-5-18(6-4-16)22-15-21(17-11-13-25-14-12-17)23(26-22)19-7-9-20(24)10-8-19/h3-14H,2,15H2,1H3. The topological polar surface area (TPSA) is 25.2 Å². The van der Waals surface area contributed by atoms with E-state index in [9.17, 15) is 4.39 Å². The highest BCUT2D eigenvalue weighted by Gasteiger charge is 2.21. The number of allylic oxidation sites excluding steroid dienone is 1. The molecule has 1 aliphatic heterocycles. The fourth-order valence-corrected chi connectivity index (χ4v) is 3.23. The van der Waals surface area contributed by atoms with E-state index in [1.807, 2.05) is 12.1 Å². The molecule has 0 fully saturated rings. The smallest absolute Gasteiger partial charge is 0.123 e. The molecule has 0 saturated heterocycles. The Morgan fingerprint density at radius 3 is 2.12 bits per heavy atom. The fraction of sp³-hybridized carbons (Fsp3) is 0.130. The predicted octanol–water partition coefficient (Wildman–Crippen LogP) is 5.54. The molecule has 3 heteroatoms. The Morgan fingerprint density at radius 2 is 1.46 bits per heavy atom. The minimum atomic E-state index is -0.239. The van der Waals surface area contributed by atoms with Gasteiger partial charge in [0.2, 0.25) is 0 Å². The SMILES string of the molecule is CCc1ccc(C2=NC(c3ccc(F)cc3)=C(c3ccncc3)C2)cc1. The molecule has 2 aromatic carbocycles. The number of pyridine rings is 1. The number of benzene rings is 2. The number of halogens is 1. The maximum absolute atomic E-state index is 13.3. The third-order valence-corrected chi connectivity index (χ3v) is 4.72. The molecule has 128 valence electrons. The molecule has 0 unspecified atom stereocenters. The molecular formula is C23H19FN2. The van der Waals surface area contributed by atoms with Crippen LogP contribution in [0.25, 0.3) is 11.3 Å². The van der Waals surface area contributed by atoms with Gasteiger partial charge in [-0.3, -0.25) is 9.98 Å². The minimum Gasteiger partial charge on any atom is -0.265 e. The maximum Gasteiger partial charge on any atom is 0.123 e. The average molecular weight is 342 g/mol. The van der Waals surface area contributed by atoms with Crippen molar-refractivity contribution in [2.45, 2.75) is 19.8 Å². The van der Waals surface area contributed by atoms with E-state index in [-0.39, 0.29) is 5.82 Å². The van der Waals surface area contributed by atoms with E-state index in [4.69, 9.17) is 4.99 Å². The molecule has 0 atom stereocenters. The van der Waals surface area contributed by atoms with Gasteiger partial charge in [0.25, 0.3) is 0 Å². The van der Waals surface area contributed by atoms with Gasteiger partial charge in [0, 0.05) is 24.4 Å². The number of hydrogen-bond acceptors (Lipinski definition) is 2. The van der Waals surface area contributed by atoms with Gasteiger partial charge < -0.3 is 0 Å². The molecule has 0 N–H and O–H groups in total. The lowest BCUT2D eigenvalue weighted by Gasteiger charge is -2.06. The van der Waals surface area contributed by atoms with Crippen LogP contribution in [0.2, 0.25) is 0 Å². The summed E-state index contributed by atoms with van der Waals surface area (Å²) in [5.41, 5.74) is 7.57. The zero-order valence-electron chi connectivity index (χ0n) is 14.6. The van der Waals surface area contributed by atoms with Crippen LogP contribution in [0.1, 0.15) is 35.6 Å². The highest BCUT2D eigenvalue weighted by Crippen LogP contribution is 2.37. The van der Waals surface area contributed by atoms with Gasteiger partial charge in [-0.1, -0.05) is 31.2 Å². The average Bonchev–Trinajstić information content (AvgIpc) is 3.15. The number of aliphatic imine (C=N–C) groups is 1. The Bertz CT molecular complexity index is 969. The Morgan fingerprint density at radius 1 is 0.808 bits per heavy atom. The first-order valence-electron chi connectivity index (χ1n) is 8.81. The van der Waals surface area contributed by atoms with Gasteiger partial charge in [-0.25, -0.2) is 4.39 Å². The number of hydrogen-bond donors (Lipinski definition) is 0. The van der Waals surface area contributed by atoms with Crippen molar-refractivity contribution in [3.05, 3.63) is 101 Å². The summed E-state index contributed by atoms with van der Waals surface area (Å²) in [5.74, 6) is -0.239. The maximum atomic E-state index is 13.3. The van der Waals surface area contributed by atoms with E-state index in [1.54, 1.807) is 24.5 Å². The molecule has 0 amide bonds. The van der Waals surface area contributed by atoms with Crippen molar-refractivity contribution in [3.63, 3.8) is 0 Å². The van der Waals surface area contributed by atoms with Gasteiger partial charge in [0.1, 0.15) is 5.82 Å². The van der Waals surface area contributed by atoms with E-state index in [0.29, 0.717) is 0 Å². The molecule has 0 saturated carbocycles. The summed E-state index contributed by atoms with van der Waals surface area (Å²) in [6.07, 6.45) is 5.35. The first kappa shape index (κ1) is 16.4. The van der Waals surface area contributed by atoms with Crippen LogP contribution in [0.5, 0.6) is 0 Å². The summed E-state index contributed by atoms with van der Waals surface area (Å²) >= 11 is 0. The highest BCUT2D eigenvalue weighted by molar-refractivity contribution is 6.16. The van der Waals surface area contributed by atoms with Gasteiger partial charge in [-0.2, -0.15) is 0 Å². The van der Waals surface area contributed by atoms with Gasteiger partial charge in [-0.15, -0.1) is 0 Å². The molecule has 3 aromatic rings. The summed E-state index contributed by atoms with van der Waals surface area (Å²) in [5, 5.41) is 0. The summed E-state index contributed by atoms with van der Waals surface area (Å²) in [6, 6.07) is 19.1. The van der Waals surface area contributed by atoms with Crippen LogP contribution in [-0.4, -0.2) is 10.7 Å². The first-order valence-corrected chi connectivity index (χ1v) is 8.81. The van der Waals surface area contributed by atoms with Crippen molar-refractivity contribution in [2.24, 2.45) is 4.99 Å². The van der Waals surface area contributed by atoms with Gasteiger partial charge in [0.05, 0.1) is 11.4 Å². The number of aryl methyl sites for hydroxylation is 1. The highest BCUT2D eigenvalue weighted by atomic mass is 19.1. The normalized spacial score (nSPS) is 13.8. The summed E-state index contributed by atoms with van der Waals surface area (Å²) in [4.78, 5) is 9.04. The van der Waals surface area contributed by atoms with Crippen LogP contribution < -0.4 is 0 Å². The molecule has 26 heavy (non-hydrogen) atoms.